The molecule has 10 heteroatoms. The number of hydrogen-bond acceptors (Lipinski definition) is 7. The van der Waals surface area contributed by atoms with E-state index in [1.54, 1.807) is 14.2 Å². The number of unbranched alkanes of at least 4 members (excludes halogenated alkanes) is 2. The first-order chi connectivity index (χ1) is 16.4. The lowest BCUT2D eigenvalue weighted by molar-refractivity contribution is -0.385. The summed E-state index contributed by atoms with van der Waals surface area (Å²) in [6.07, 6.45) is 2.74. The summed E-state index contributed by atoms with van der Waals surface area (Å²) in [5.74, 6) is 0.0577. The lowest BCUT2D eigenvalue weighted by Crippen LogP contribution is -2.30. The van der Waals surface area contributed by atoms with Crippen LogP contribution in [0.4, 0.5) is 5.69 Å². The van der Waals surface area contributed by atoms with E-state index in [1.165, 1.54) is 18.2 Å². The van der Waals surface area contributed by atoms with Gasteiger partial charge in [0.15, 0.2) is 11.5 Å². The maximum absolute atomic E-state index is 12.5. The second-order valence-corrected chi connectivity index (χ2v) is 7.82. The summed E-state index contributed by atoms with van der Waals surface area (Å²) in [6, 6.07) is 9.66. The van der Waals surface area contributed by atoms with Crippen LogP contribution in [0.1, 0.15) is 52.0 Å². The molecule has 1 N–H and O–H groups in total. The molecule has 1 aliphatic rings. The van der Waals surface area contributed by atoms with Gasteiger partial charge in [0.05, 0.1) is 24.7 Å². The molecular weight excluding hydrogens is 442 g/mol. The van der Waals surface area contributed by atoms with Gasteiger partial charge in [-0.2, -0.15) is 0 Å². The highest BCUT2D eigenvalue weighted by molar-refractivity contribution is 6.23. The lowest BCUT2D eigenvalue weighted by Gasteiger charge is -2.13. The number of nitrogens with one attached hydrogen (secondary N) is 1. The van der Waals surface area contributed by atoms with Crippen molar-refractivity contribution in [3.05, 3.63) is 63.2 Å². The van der Waals surface area contributed by atoms with E-state index in [0.717, 1.165) is 10.5 Å². The third-order valence-corrected chi connectivity index (χ3v) is 5.64. The second kappa shape index (κ2) is 11.3. The summed E-state index contributed by atoms with van der Waals surface area (Å²) in [5.41, 5.74) is 0.571. The number of amides is 3. The van der Waals surface area contributed by atoms with Crippen molar-refractivity contribution >= 4 is 23.4 Å². The molecule has 0 aliphatic carbocycles. The zero-order valence-corrected chi connectivity index (χ0v) is 19.2. The van der Waals surface area contributed by atoms with E-state index in [4.69, 9.17) is 9.47 Å². The summed E-state index contributed by atoms with van der Waals surface area (Å²) < 4.78 is 10.5. The van der Waals surface area contributed by atoms with E-state index in [-0.39, 0.29) is 29.3 Å². The standard InChI is InChI=1S/C24H27N3O7/c1-33-19-11-10-16(15-20(19)34-2)12-13-25-21(28)9-4-3-5-14-26-23(29)17-7-6-8-18(27(31)32)22(17)24(26)30/h6-8,10-11,15H,3-5,9,12-14H2,1-2H3,(H,25,28). The van der Waals surface area contributed by atoms with Crippen molar-refractivity contribution in [1.29, 1.82) is 0 Å². The van der Waals surface area contributed by atoms with Gasteiger partial charge in [-0.15, -0.1) is 0 Å². The number of benzene rings is 2. The fourth-order valence-corrected chi connectivity index (χ4v) is 3.87. The van der Waals surface area contributed by atoms with Crippen molar-refractivity contribution in [3.8, 4) is 11.5 Å². The molecule has 10 nitrogen and oxygen atoms in total. The van der Waals surface area contributed by atoms with Crippen LogP contribution in [0, 0.1) is 10.1 Å². The van der Waals surface area contributed by atoms with Crippen LogP contribution in [-0.2, 0) is 11.2 Å². The Morgan fingerprint density at radius 2 is 1.79 bits per heavy atom. The summed E-state index contributed by atoms with van der Waals surface area (Å²) in [4.78, 5) is 48.7. The van der Waals surface area contributed by atoms with Crippen molar-refractivity contribution in [2.45, 2.75) is 32.1 Å². The molecule has 2 aromatic rings. The molecule has 3 amide bonds. The molecule has 34 heavy (non-hydrogen) atoms. The van der Waals surface area contributed by atoms with Gasteiger partial charge in [-0.05, 0) is 43.0 Å². The number of carbonyl (C=O) groups excluding carboxylic acids is 3. The van der Waals surface area contributed by atoms with Crippen LogP contribution in [0.15, 0.2) is 36.4 Å². The quantitative estimate of drug-likeness (QED) is 0.219. The predicted molar refractivity (Wildman–Crippen MR) is 123 cm³/mol. The Morgan fingerprint density at radius 3 is 2.50 bits per heavy atom. The maximum Gasteiger partial charge on any atom is 0.282 e. The number of nitrogens with zero attached hydrogens (tertiary/aromatic N) is 2. The smallest absolute Gasteiger partial charge is 0.282 e. The number of hydrogen-bond donors (Lipinski definition) is 1. The number of ether oxygens (including phenoxy) is 2. The van der Waals surface area contributed by atoms with E-state index in [9.17, 15) is 24.5 Å². The first-order valence-electron chi connectivity index (χ1n) is 11.0. The van der Waals surface area contributed by atoms with Crippen LogP contribution in [0.3, 0.4) is 0 Å². The summed E-state index contributed by atoms with van der Waals surface area (Å²) >= 11 is 0. The van der Waals surface area contributed by atoms with Crippen molar-refractivity contribution in [2.75, 3.05) is 27.3 Å². The Labute approximate surface area is 197 Å². The number of nitro benzene ring substituents is 1. The third kappa shape index (κ3) is 5.51. The van der Waals surface area contributed by atoms with Crippen molar-refractivity contribution in [3.63, 3.8) is 0 Å². The van der Waals surface area contributed by atoms with Crippen LogP contribution in [-0.4, -0.2) is 54.9 Å². The Balaban J connectivity index is 1.37. The van der Waals surface area contributed by atoms with E-state index in [0.29, 0.717) is 50.1 Å². The molecular formula is C24H27N3O7. The molecule has 0 saturated heterocycles. The number of carbonyl (C=O) groups is 3. The molecule has 0 radical (unpaired) electrons. The highest BCUT2D eigenvalue weighted by Crippen LogP contribution is 2.31. The number of imide groups is 1. The van der Waals surface area contributed by atoms with Gasteiger partial charge in [-0.25, -0.2) is 0 Å². The molecule has 0 fully saturated rings. The number of rotatable bonds is 12. The topological polar surface area (TPSA) is 128 Å². The summed E-state index contributed by atoms with van der Waals surface area (Å²) in [7, 11) is 3.14. The van der Waals surface area contributed by atoms with Crippen LogP contribution in [0.25, 0.3) is 0 Å². The Hall–Kier alpha value is -3.95. The van der Waals surface area contributed by atoms with Gasteiger partial charge in [-0.3, -0.25) is 29.4 Å². The van der Waals surface area contributed by atoms with E-state index >= 15 is 0 Å². The first-order valence-corrected chi connectivity index (χ1v) is 11.0. The largest absolute Gasteiger partial charge is 0.493 e. The zero-order chi connectivity index (χ0) is 24.7. The van der Waals surface area contributed by atoms with Crippen molar-refractivity contribution < 1.29 is 28.8 Å². The van der Waals surface area contributed by atoms with Gasteiger partial charge in [0, 0.05) is 25.6 Å². The molecule has 0 atom stereocenters. The SMILES string of the molecule is COc1ccc(CCNC(=O)CCCCCN2C(=O)c3cccc([N+](=O)[O-])c3C2=O)cc1OC. The zero-order valence-electron chi connectivity index (χ0n) is 19.2. The average molecular weight is 469 g/mol. The minimum atomic E-state index is -0.655. The van der Waals surface area contributed by atoms with Crippen LogP contribution < -0.4 is 14.8 Å². The van der Waals surface area contributed by atoms with Crippen molar-refractivity contribution in [2.24, 2.45) is 0 Å². The lowest BCUT2D eigenvalue weighted by atomic mass is 10.1. The van der Waals surface area contributed by atoms with Crippen LogP contribution >= 0.6 is 0 Å². The predicted octanol–water partition coefficient (Wildman–Crippen LogP) is 3.13. The Morgan fingerprint density at radius 1 is 1.03 bits per heavy atom. The third-order valence-electron chi connectivity index (χ3n) is 5.64. The molecule has 0 unspecified atom stereocenters. The van der Waals surface area contributed by atoms with Gasteiger partial charge in [-0.1, -0.05) is 18.6 Å². The molecule has 2 aromatic carbocycles. The van der Waals surface area contributed by atoms with Crippen LogP contribution in [0.5, 0.6) is 11.5 Å². The molecule has 1 heterocycles. The normalized spacial score (nSPS) is 12.5. The highest BCUT2D eigenvalue weighted by Gasteiger charge is 2.40. The Bertz CT molecular complexity index is 1100. The van der Waals surface area contributed by atoms with E-state index in [2.05, 4.69) is 5.32 Å². The molecule has 3 rings (SSSR count). The molecule has 0 saturated carbocycles. The van der Waals surface area contributed by atoms with E-state index < -0.39 is 16.7 Å². The molecule has 0 spiro atoms. The number of methoxy groups -OCH3 is 2. The maximum atomic E-state index is 12.5. The monoisotopic (exact) mass is 469 g/mol. The molecule has 1 aliphatic heterocycles. The van der Waals surface area contributed by atoms with Crippen molar-refractivity contribution in [1.82, 2.24) is 10.2 Å². The summed E-state index contributed by atoms with van der Waals surface area (Å²) in [5, 5.41) is 14.0. The van der Waals surface area contributed by atoms with Gasteiger partial charge >= 0.3 is 0 Å². The minimum absolute atomic E-state index is 0.0630. The first kappa shape index (κ1) is 24.7. The number of fused-ring (bicyclic) bond motifs is 1. The molecule has 0 aromatic heterocycles. The van der Waals surface area contributed by atoms with Crippen LogP contribution in [0.2, 0.25) is 0 Å². The summed E-state index contributed by atoms with van der Waals surface area (Å²) in [6.45, 7) is 0.645. The molecule has 180 valence electrons. The second-order valence-electron chi connectivity index (χ2n) is 7.82. The highest BCUT2D eigenvalue weighted by atomic mass is 16.6. The fraction of sp³-hybridized carbons (Fsp3) is 0.375. The van der Waals surface area contributed by atoms with Gasteiger partial charge in [0.25, 0.3) is 17.5 Å². The minimum Gasteiger partial charge on any atom is -0.493 e. The number of nitro groups is 1. The fourth-order valence-electron chi connectivity index (χ4n) is 3.87. The molecule has 0 bridgehead atoms. The van der Waals surface area contributed by atoms with E-state index in [1.807, 2.05) is 18.2 Å². The average Bonchev–Trinajstić information content (AvgIpc) is 3.08. The van der Waals surface area contributed by atoms with Gasteiger partial charge < -0.3 is 14.8 Å². The van der Waals surface area contributed by atoms with Gasteiger partial charge in [0.2, 0.25) is 5.91 Å². The Kier molecular flexibility index (Phi) is 8.18. The van der Waals surface area contributed by atoms with Gasteiger partial charge in [0.1, 0.15) is 5.56 Å².